The number of amides is 1. The molecule has 10 nitrogen and oxygen atoms in total. The van der Waals surface area contributed by atoms with Gasteiger partial charge in [-0.05, 0) is 92.1 Å². The Bertz CT molecular complexity index is 2230. The second-order valence-corrected chi connectivity index (χ2v) is 15.7. The summed E-state index contributed by atoms with van der Waals surface area (Å²) in [6, 6.07) is 13.8. The van der Waals surface area contributed by atoms with Gasteiger partial charge in [-0.3, -0.25) is 9.69 Å². The van der Waals surface area contributed by atoms with Gasteiger partial charge >= 0.3 is 6.61 Å². The number of fused-ring (bicyclic) bond motifs is 4. The van der Waals surface area contributed by atoms with E-state index in [2.05, 4.69) is 19.9 Å². The first-order chi connectivity index (χ1) is 26.0. The summed E-state index contributed by atoms with van der Waals surface area (Å²) >= 11 is 7.01. The van der Waals surface area contributed by atoms with Gasteiger partial charge in [-0.2, -0.15) is 8.78 Å². The van der Waals surface area contributed by atoms with Crippen LogP contribution in [-0.2, 0) is 31.4 Å². The second kappa shape index (κ2) is 14.4. The number of nitrogens with zero attached hydrogens (tertiary/aromatic N) is 4. The minimum absolute atomic E-state index is 0.170. The van der Waals surface area contributed by atoms with Crippen LogP contribution in [0.3, 0.4) is 0 Å². The smallest absolute Gasteiger partial charge is 0.387 e. The number of oxazole rings is 1. The van der Waals surface area contributed by atoms with E-state index in [1.165, 1.54) is 50.7 Å². The third-order valence-electron chi connectivity index (χ3n) is 12.1. The van der Waals surface area contributed by atoms with Gasteiger partial charge in [0.2, 0.25) is 5.89 Å². The summed E-state index contributed by atoms with van der Waals surface area (Å²) in [4.78, 5) is 25.7. The van der Waals surface area contributed by atoms with Crippen molar-refractivity contribution in [2.75, 3.05) is 32.1 Å². The van der Waals surface area contributed by atoms with Gasteiger partial charge in [0.15, 0.2) is 11.4 Å². The lowest BCUT2D eigenvalue weighted by Crippen LogP contribution is -2.34. The number of benzene rings is 3. The number of aromatic nitrogens is 3. The molecule has 2 saturated carbocycles. The standard InChI is InChI=1S/C41H44ClF2N5O5/c1-24-26(6-4-7-27(24)38-47-30-18-25(21-50)33(54-39(43)44)19-34(30)53-38)28-8-5-9-29(35(28)42)46-37(51)36-45-31-20-49(16-10-32(31)48(36)2)17-15-40-11-13-41(22-40,14-12-40)23-52-3/h4-9,18-19,39,50H,10-17,20-23H2,1-3H3,(H,46,51). The molecule has 284 valence electrons. The average Bonchev–Trinajstić information content (AvgIpc) is 3.92. The van der Waals surface area contributed by atoms with E-state index in [4.69, 9.17) is 25.7 Å². The summed E-state index contributed by atoms with van der Waals surface area (Å²) in [5.41, 5.74) is 7.07. The van der Waals surface area contributed by atoms with E-state index in [-0.39, 0.29) is 28.7 Å². The van der Waals surface area contributed by atoms with Gasteiger partial charge in [-0.1, -0.05) is 35.9 Å². The fourth-order valence-corrected chi connectivity index (χ4v) is 9.56. The number of ether oxygens (including phenoxy) is 2. The number of carbonyl (C=O) groups excluding carboxylic acids is 1. The Morgan fingerprint density at radius 1 is 1.07 bits per heavy atom. The molecule has 3 heterocycles. The minimum Gasteiger partial charge on any atom is -0.436 e. The Morgan fingerprint density at radius 3 is 2.57 bits per heavy atom. The van der Waals surface area contributed by atoms with Crippen molar-refractivity contribution in [2.45, 2.75) is 71.6 Å². The number of aliphatic hydroxyl groups excluding tert-OH is 1. The van der Waals surface area contributed by atoms with E-state index in [0.717, 1.165) is 55.2 Å². The zero-order valence-corrected chi connectivity index (χ0v) is 31.4. The molecule has 54 heavy (non-hydrogen) atoms. The molecule has 3 aromatic carbocycles. The summed E-state index contributed by atoms with van der Waals surface area (Å²) in [5, 5.41) is 13.1. The van der Waals surface area contributed by atoms with Crippen molar-refractivity contribution < 1.29 is 32.6 Å². The van der Waals surface area contributed by atoms with Crippen molar-refractivity contribution in [3.63, 3.8) is 0 Å². The molecule has 2 bridgehead atoms. The maximum Gasteiger partial charge on any atom is 0.387 e. The molecule has 8 rings (SSSR count). The normalized spacial score (nSPS) is 21.0. The molecule has 0 spiro atoms. The molecule has 0 saturated heterocycles. The molecule has 2 N–H and O–H groups in total. The predicted molar refractivity (Wildman–Crippen MR) is 202 cm³/mol. The van der Waals surface area contributed by atoms with Crippen molar-refractivity contribution in [1.29, 1.82) is 0 Å². The molecule has 1 aliphatic heterocycles. The van der Waals surface area contributed by atoms with Gasteiger partial charge in [0.05, 0.1) is 29.6 Å². The highest BCUT2D eigenvalue weighted by Crippen LogP contribution is 2.63. The van der Waals surface area contributed by atoms with Crippen LogP contribution in [0.2, 0.25) is 5.02 Å². The maximum atomic E-state index is 13.8. The number of nitrogens with one attached hydrogen (secondary N) is 1. The van der Waals surface area contributed by atoms with Crippen LogP contribution < -0.4 is 10.1 Å². The lowest BCUT2D eigenvalue weighted by molar-refractivity contribution is -0.0508. The van der Waals surface area contributed by atoms with Gasteiger partial charge in [0, 0.05) is 62.1 Å². The quantitative estimate of drug-likeness (QED) is 0.130. The van der Waals surface area contributed by atoms with Crippen molar-refractivity contribution in [3.8, 4) is 28.3 Å². The minimum atomic E-state index is -3.05. The monoisotopic (exact) mass is 759 g/mol. The van der Waals surface area contributed by atoms with Crippen LogP contribution >= 0.6 is 11.6 Å². The number of imidazole rings is 1. The van der Waals surface area contributed by atoms with E-state index in [1.54, 1.807) is 6.07 Å². The number of carbonyl (C=O) groups is 1. The number of halogens is 3. The molecule has 0 atom stereocenters. The molecule has 2 aromatic heterocycles. The van der Waals surface area contributed by atoms with E-state index in [0.29, 0.717) is 44.0 Å². The topological polar surface area (TPSA) is 115 Å². The first-order valence-corrected chi connectivity index (χ1v) is 18.8. The van der Waals surface area contributed by atoms with Crippen LogP contribution in [0.15, 0.2) is 52.9 Å². The van der Waals surface area contributed by atoms with E-state index >= 15 is 0 Å². The van der Waals surface area contributed by atoms with Crippen LogP contribution in [0, 0.1) is 17.8 Å². The fourth-order valence-electron chi connectivity index (χ4n) is 9.29. The SMILES string of the molecule is COCC12CCC(CCN3CCc4c(nc(C(=O)Nc5cccc(-c6cccc(-c7nc8cc(CO)c(OC(F)F)cc8o7)c6C)c5Cl)n4C)C3)(CC1)C2. The lowest BCUT2D eigenvalue weighted by atomic mass is 9.80. The summed E-state index contributed by atoms with van der Waals surface area (Å²) < 4.78 is 44.0. The molecule has 1 amide bonds. The van der Waals surface area contributed by atoms with Gasteiger partial charge in [0.1, 0.15) is 11.3 Å². The highest BCUT2D eigenvalue weighted by Gasteiger charge is 2.53. The van der Waals surface area contributed by atoms with Crippen molar-refractivity contribution in [3.05, 3.63) is 81.9 Å². The van der Waals surface area contributed by atoms with Crippen LogP contribution in [0.1, 0.15) is 71.7 Å². The zero-order chi connectivity index (χ0) is 37.8. The number of alkyl halides is 2. The third kappa shape index (κ3) is 6.67. The van der Waals surface area contributed by atoms with Crippen LogP contribution in [0.5, 0.6) is 5.75 Å². The summed E-state index contributed by atoms with van der Waals surface area (Å²) in [6.45, 7) is 1.95. The average molecular weight is 760 g/mol. The predicted octanol–water partition coefficient (Wildman–Crippen LogP) is 8.55. The van der Waals surface area contributed by atoms with E-state index in [1.807, 2.05) is 56.0 Å². The number of hydrogen-bond donors (Lipinski definition) is 2. The molecule has 2 aliphatic carbocycles. The Morgan fingerprint density at radius 2 is 1.81 bits per heavy atom. The Balaban J connectivity index is 0.982. The van der Waals surface area contributed by atoms with E-state index < -0.39 is 13.2 Å². The Kier molecular flexibility index (Phi) is 9.74. The Labute approximate surface area is 317 Å². The first-order valence-electron chi connectivity index (χ1n) is 18.5. The summed E-state index contributed by atoms with van der Waals surface area (Å²) in [6.07, 6.45) is 8.48. The number of methoxy groups -OCH3 is 1. The molecule has 13 heteroatoms. The largest absolute Gasteiger partial charge is 0.436 e. The van der Waals surface area contributed by atoms with Gasteiger partial charge in [0.25, 0.3) is 5.91 Å². The molecule has 0 unspecified atom stereocenters. The van der Waals surface area contributed by atoms with Crippen molar-refractivity contribution in [2.24, 2.45) is 17.9 Å². The summed E-state index contributed by atoms with van der Waals surface area (Å²) in [5.74, 6) is 0.0981. The molecule has 3 aliphatic rings. The number of anilines is 1. The van der Waals surface area contributed by atoms with Crippen LogP contribution in [0.25, 0.3) is 33.7 Å². The number of hydrogen-bond acceptors (Lipinski definition) is 8. The molecular weight excluding hydrogens is 716 g/mol. The van der Waals surface area contributed by atoms with E-state index in [9.17, 15) is 18.7 Å². The van der Waals surface area contributed by atoms with Crippen LogP contribution in [-0.4, -0.2) is 63.9 Å². The van der Waals surface area contributed by atoms with Gasteiger partial charge in [-0.15, -0.1) is 0 Å². The van der Waals surface area contributed by atoms with Crippen LogP contribution in [0.4, 0.5) is 14.5 Å². The number of rotatable bonds is 12. The number of aliphatic hydroxyl groups is 1. The summed E-state index contributed by atoms with van der Waals surface area (Å²) in [7, 11) is 3.72. The zero-order valence-electron chi connectivity index (χ0n) is 30.7. The van der Waals surface area contributed by atoms with Gasteiger partial charge < -0.3 is 28.9 Å². The Hall–Kier alpha value is -4.36. The first kappa shape index (κ1) is 36.6. The molecule has 5 aromatic rings. The van der Waals surface area contributed by atoms with Crippen molar-refractivity contribution in [1.82, 2.24) is 19.4 Å². The highest BCUT2D eigenvalue weighted by molar-refractivity contribution is 6.36. The highest BCUT2D eigenvalue weighted by atomic mass is 35.5. The molecule has 0 radical (unpaired) electrons. The van der Waals surface area contributed by atoms with Gasteiger partial charge in [-0.25, -0.2) is 9.97 Å². The molecule has 2 fully saturated rings. The lowest BCUT2D eigenvalue weighted by Gasteiger charge is -2.32. The molecular formula is C41H44ClF2N5O5. The third-order valence-corrected chi connectivity index (χ3v) is 12.5. The van der Waals surface area contributed by atoms with Crippen molar-refractivity contribution >= 4 is 34.3 Å². The second-order valence-electron chi connectivity index (χ2n) is 15.4. The maximum absolute atomic E-state index is 13.8. The fraction of sp³-hybridized carbons (Fsp3) is 0.439.